The van der Waals surface area contributed by atoms with Crippen LogP contribution in [0.3, 0.4) is 0 Å². The van der Waals surface area contributed by atoms with Crippen LogP contribution < -0.4 is 4.74 Å². The smallest absolute Gasteiger partial charge is 0.120 e. The Morgan fingerprint density at radius 3 is 2.86 bits per heavy atom. The summed E-state index contributed by atoms with van der Waals surface area (Å²) in [4.78, 5) is 0. The quantitative estimate of drug-likeness (QED) is 0.867. The van der Waals surface area contributed by atoms with Crippen LogP contribution >= 0.6 is 22.6 Å². The Bertz CT molecular complexity index is 321. The topological polar surface area (TPSA) is 29.5 Å². The van der Waals surface area contributed by atoms with Crippen LogP contribution in [0.2, 0.25) is 0 Å². The summed E-state index contributed by atoms with van der Waals surface area (Å²) >= 11 is 2.25. The number of ether oxygens (including phenoxy) is 1. The van der Waals surface area contributed by atoms with Gasteiger partial charge in [0, 0.05) is 3.57 Å². The Labute approximate surface area is 97.7 Å². The van der Waals surface area contributed by atoms with Gasteiger partial charge in [0.15, 0.2) is 0 Å². The van der Waals surface area contributed by atoms with Crippen LogP contribution in [0.5, 0.6) is 5.75 Å². The van der Waals surface area contributed by atoms with Crippen molar-refractivity contribution in [1.29, 1.82) is 0 Å². The molecule has 0 atom stereocenters. The molecule has 3 heteroatoms. The molecule has 2 nitrogen and oxygen atoms in total. The average Bonchev–Trinajstić information content (AvgIpc) is 2.17. The van der Waals surface area contributed by atoms with Gasteiger partial charge in [-0.15, -0.1) is 0 Å². The fraction of sp³-hybridized carbons (Fsp3) is 0.273. The number of hydrogen-bond donors (Lipinski definition) is 1. The van der Waals surface area contributed by atoms with Gasteiger partial charge in [-0.1, -0.05) is 18.2 Å². The first-order valence-electron chi connectivity index (χ1n) is 4.47. The van der Waals surface area contributed by atoms with Gasteiger partial charge in [-0.2, -0.15) is 0 Å². The predicted molar refractivity (Wildman–Crippen MR) is 66.4 cm³/mol. The van der Waals surface area contributed by atoms with Crippen molar-refractivity contribution in [1.82, 2.24) is 0 Å². The van der Waals surface area contributed by atoms with E-state index >= 15 is 0 Å². The molecule has 0 saturated carbocycles. The van der Waals surface area contributed by atoms with Crippen molar-refractivity contribution < 1.29 is 9.84 Å². The van der Waals surface area contributed by atoms with Gasteiger partial charge in [0.25, 0.3) is 0 Å². The summed E-state index contributed by atoms with van der Waals surface area (Å²) in [5, 5.41) is 8.64. The Hall–Kier alpha value is -0.550. The van der Waals surface area contributed by atoms with Gasteiger partial charge in [0.1, 0.15) is 5.75 Å². The van der Waals surface area contributed by atoms with Crippen LogP contribution in [0.15, 0.2) is 24.3 Å². The van der Waals surface area contributed by atoms with E-state index in [9.17, 15) is 0 Å². The van der Waals surface area contributed by atoms with Crippen molar-refractivity contribution in [3.05, 3.63) is 33.4 Å². The molecular formula is C11H13IO2. The molecule has 1 aromatic carbocycles. The van der Waals surface area contributed by atoms with Gasteiger partial charge < -0.3 is 9.84 Å². The van der Waals surface area contributed by atoms with E-state index in [0.717, 1.165) is 14.9 Å². The normalized spacial score (nSPS) is 10.8. The zero-order valence-electron chi connectivity index (χ0n) is 8.03. The van der Waals surface area contributed by atoms with Gasteiger partial charge in [-0.3, -0.25) is 0 Å². The lowest BCUT2D eigenvalue weighted by molar-refractivity contribution is 0.340. The molecule has 0 spiro atoms. The number of aliphatic hydroxyl groups is 1. The van der Waals surface area contributed by atoms with Gasteiger partial charge >= 0.3 is 0 Å². The van der Waals surface area contributed by atoms with Crippen LogP contribution in [0.4, 0.5) is 0 Å². The van der Waals surface area contributed by atoms with E-state index in [4.69, 9.17) is 9.84 Å². The molecule has 1 N–H and O–H groups in total. The number of rotatable bonds is 4. The Morgan fingerprint density at radius 1 is 1.50 bits per heavy atom. The maximum absolute atomic E-state index is 8.64. The van der Waals surface area contributed by atoms with Crippen molar-refractivity contribution in [3.63, 3.8) is 0 Å². The van der Waals surface area contributed by atoms with Gasteiger partial charge in [0.05, 0.1) is 13.2 Å². The van der Waals surface area contributed by atoms with E-state index in [0.29, 0.717) is 6.61 Å². The molecular weight excluding hydrogens is 291 g/mol. The minimum absolute atomic E-state index is 0.0727. The van der Waals surface area contributed by atoms with E-state index in [-0.39, 0.29) is 6.61 Å². The highest BCUT2D eigenvalue weighted by Gasteiger charge is 1.98. The molecule has 0 radical (unpaired) electrons. The Kier molecular flexibility index (Phi) is 4.97. The summed E-state index contributed by atoms with van der Waals surface area (Å²) in [5.74, 6) is 0.887. The SMILES string of the molecule is CCOc1ccc(C=CCO)c(I)c1. The fourth-order valence-electron chi connectivity index (χ4n) is 1.08. The van der Waals surface area contributed by atoms with E-state index in [1.807, 2.05) is 31.2 Å². The Morgan fingerprint density at radius 2 is 2.29 bits per heavy atom. The molecule has 0 aliphatic rings. The summed E-state index contributed by atoms with van der Waals surface area (Å²) in [5.41, 5.74) is 1.10. The summed E-state index contributed by atoms with van der Waals surface area (Å²) in [6, 6.07) is 5.91. The summed E-state index contributed by atoms with van der Waals surface area (Å²) in [6.45, 7) is 2.72. The first-order valence-corrected chi connectivity index (χ1v) is 5.55. The first kappa shape index (κ1) is 11.5. The number of halogens is 1. The molecule has 0 aliphatic heterocycles. The molecule has 0 saturated heterocycles. The maximum atomic E-state index is 8.64. The van der Waals surface area contributed by atoms with Crippen LogP contribution in [-0.2, 0) is 0 Å². The second-order valence-electron chi connectivity index (χ2n) is 2.70. The fourth-order valence-corrected chi connectivity index (χ4v) is 1.75. The second kappa shape index (κ2) is 6.03. The van der Waals surface area contributed by atoms with Crippen LogP contribution in [-0.4, -0.2) is 18.3 Å². The van der Waals surface area contributed by atoms with Crippen LogP contribution in [0, 0.1) is 3.57 Å². The number of benzene rings is 1. The second-order valence-corrected chi connectivity index (χ2v) is 3.86. The largest absolute Gasteiger partial charge is 0.494 e. The van der Waals surface area contributed by atoms with Crippen molar-refractivity contribution >= 4 is 28.7 Å². The monoisotopic (exact) mass is 304 g/mol. The summed E-state index contributed by atoms with van der Waals surface area (Å²) in [6.07, 6.45) is 3.62. The minimum Gasteiger partial charge on any atom is -0.494 e. The zero-order chi connectivity index (χ0) is 10.4. The van der Waals surface area contributed by atoms with Crippen molar-refractivity contribution in [2.24, 2.45) is 0 Å². The third-order valence-corrected chi connectivity index (χ3v) is 2.62. The highest BCUT2D eigenvalue weighted by molar-refractivity contribution is 14.1. The van der Waals surface area contributed by atoms with Gasteiger partial charge in [-0.25, -0.2) is 0 Å². The van der Waals surface area contributed by atoms with Crippen LogP contribution in [0.1, 0.15) is 12.5 Å². The molecule has 0 amide bonds. The maximum Gasteiger partial charge on any atom is 0.120 e. The number of hydrogen-bond acceptors (Lipinski definition) is 2. The highest BCUT2D eigenvalue weighted by Crippen LogP contribution is 2.20. The average molecular weight is 304 g/mol. The lowest BCUT2D eigenvalue weighted by atomic mass is 10.2. The standard InChI is InChI=1S/C11H13IO2/c1-2-14-10-6-5-9(4-3-7-13)11(12)8-10/h3-6,8,13H,2,7H2,1H3. The Balaban J connectivity index is 2.84. The molecule has 14 heavy (non-hydrogen) atoms. The predicted octanol–water partition coefficient (Wildman–Crippen LogP) is 2.70. The molecule has 1 rings (SSSR count). The molecule has 0 aliphatic carbocycles. The molecule has 0 unspecified atom stereocenters. The molecule has 0 bridgehead atoms. The first-order chi connectivity index (χ1) is 6.77. The minimum atomic E-state index is 0.0727. The van der Waals surface area contributed by atoms with Crippen molar-refractivity contribution in [3.8, 4) is 5.75 Å². The molecule has 0 fully saturated rings. The van der Waals surface area contributed by atoms with Crippen molar-refractivity contribution in [2.75, 3.05) is 13.2 Å². The summed E-state index contributed by atoms with van der Waals surface area (Å²) < 4.78 is 6.49. The lowest BCUT2D eigenvalue weighted by Gasteiger charge is -2.04. The van der Waals surface area contributed by atoms with E-state index < -0.39 is 0 Å². The van der Waals surface area contributed by atoms with Crippen molar-refractivity contribution in [2.45, 2.75) is 6.92 Å². The highest BCUT2D eigenvalue weighted by atomic mass is 127. The van der Waals surface area contributed by atoms with E-state index in [2.05, 4.69) is 22.6 Å². The number of aliphatic hydroxyl groups excluding tert-OH is 1. The van der Waals surface area contributed by atoms with Crippen LogP contribution in [0.25, 0.3) is 6.08 Å². The molecule has 1 aromatic rings. The summed E-state index contributed by atoms with van der Waals surface area (Å²) in [7, 11) is 0. The molecule has 0 heterocycles. The van der Waals surface area contributed by atoms with E-state index in [1.165, 1.54) is 0 Å². The van der Waals surface area contributed by atoms with E-state index in [1.54, 1.807) is 6.08 Å². The van der Waals surface area contributed by atoms with Gasteiger partial charge in [0.2, 0.25) is 0 Å². The van der Waals surface area contributed by atoms with Gasteiger partial charge in [-0.05, 0) is 47.2 Å². The zero-order valence-corrected chi connectivity index (χ0v) is 10.2. The third-order valence-electron chi connectivity index (χ3n) is 1.69. The molecule has 76 valence electrons. The molecule has 0 aromatic heterocycles. The third kappa shape index (κ3) is 3.31. The lowest BCUT2D eigenvalue weighted by Crippen LogP contribution is -1.92.